The van der Waals surface area contributed by atoms with Crippen molar-refractivity contribution in [3.63, 3.8) is 0 Å². The minimum atomic E-state index is -0.259. The lowest BCUT2D eigenvalue weighted by Gasteiger charge is -2.32. The van der Waals surface area contributed by atoms with Gasteiger partial charge in [0.1, 0.15) is 17.7 Å². The smallest absolute Gasteiger partial charge is 0.222 e. The van der Waals surface area contributed by atoms with Crippen LogP contribution in [0.4, 0.5) is 4.39 Å². The van der Waals surface area contributed by atoms with Gasteiger partial charge >= 0.3 is 0 Å². The highest BCUT2D eigenvalue weighted by Gasteiger charge is 2.22. The summed E-state index contributed by atoms with van der Waals surface area (Å²) in [5.74, 6) is 0.637. The molecule has 18 heavy (non-hydrogen) atoms. The molecule has 0 saturated carbocycles. The molecule has 1 saturated heterocycles. The predicted octanol–water partition coefficient (Wildman–Crippen LogP) is 2.61. The van der Waals surface area contributed by atoms with Crippen LogP contribution in [-0.2, 0) is 4.79 Å². The quantitative estimate of drug-likeness (QED) is 0.826. The number of nitrogens with zero attached hydrogens (tertiary/aromatic N) is 1. The van der Waals surface area contributed by atoms with Crippen molar-refractivity contribution >= 4 is 5.91 Å². The third-order valence-corrected chi connectivity index (χ3v) is 3.21. The Morgan fingerprint density at radius 2 is 1.94 bits per heavy atom. The van der Waals surface area contributed by atoms with Gasteiger partial charge in [0, 0.05) is 32.4 Å². The van der Waals surface area contributed by atoms with E-state index in [0.717, 1.165) is 25.9 Å². The van der Waals surface area contributed by atoms with E-state index in [4.69, 9.17) is 4.74 Å². The number of halogens is 1. The Kier molecular flexibility index (Phi) is 4.18. The highest BCUT2D eigenvalue weighted by atomic mass is 19.1. The molecule has 2 rings (SSSR count). The summed E-state index contributed by atoms with van der Waals surface area (Å²) in [6.45, 7) is 3.38. The molecular formula is C14H18FNO2. The standard InChI is InChI=1S/C14H18FNO2/c1-2-14(17)16-9-7-13(8-10-16)18-12-5-3-11(15)4-6-12/h3-6,13H,2,7-10H2,1H3. The molecule has 0 atom stereocenters. The number of piperidine rings is 1. The fourth-order valence-corrected chi connectivity index (χ4v) is 2.15. The molecule has 98 valence electrons. The van der Waals surface area contributed by atoms with E-state index in [1.165, 1.54) is 12.1 Å². The molecule has 0 aromatic heterocycles. The number of amides is 1. The predicted molar refractivity (Wildman–Crippen MR) is 66.9 cm³/mol. The van der Waals surface area contributed by atoms with E-state index in [9.17, 15) is 9.18 Å². The summed E-state index contributed by atoms with van der Waals surface area (Å²) in [4.78, 5) is 13.4. The Bertz CT molecular complexity index is 397. The molecule has 1 aromatic carbocycles. The lowest BCUT2D eigenvalue weighted by Crippen LogP contribution is -2.41. The first-order valence-electron chi connectivity index (χ1n) is 6.39. The number of carbonyl (C=O) groups excluding carboxylic acids is 1. The second kappa shape index (κ2) is 5.85. The molecule has 0 radical (unpaired) electrons. The normalized spacial score (nSPS) is 16.7. The van der Waals surface area contributed by atoms with Crippen LogP contribution in [0.15, 0.2) is 24.3 Å². The van der Waals surface area contributed by atoms with Crippen molar-refractivity contribution in [3.8, 4) is 5.75 Å². The van der Waals surface area contributed by atoms with E-state index in [0.29, 0.717) is 12.2 Å². The second-order valence-electron chi connectivity index (χ2n) is 4.51. The Morgan fingerprint density at radius 1 is 1.33 bits per heavy atom. The molecule has 1 aliphatic rings. The van der Waals surface area contributed by atoms with Crippen molar-refractivity contribution in [1.82, 2.24) is 4.90 Å². The van der Waals surface area contributed by atoms with Crippen LogP contribution in [0.3, 0.4) is 0 Å². The van der Waals surface area contributed by atoms with Crippen molar-refractivity contribution in [2.75, 3.05) is 13.1 Å². The molecule has 0 aliphatic carbocycles. The molecule has 1 fully saturated rings. The van der Waals surface area contributed by atoms with Crippen LogP contribution in [0.5, 0.6) is 5.75 Å². The fraction of sp³-hybridized carbons (Fsp3) is 0.500. The number of likely N-dealkylation sites (tertiary alicyclic amines) is 1. The summed E-state index contributed by atoms with van der Waals surface area (Å²) in [7, 11) is 0. The maximum atomic E-state index is 12.7. The maximum absolute atomic E-state index is 12.7. The summed E-state index contributed by atoms with van der Waals surface area (Å²) in [5.41, 5.74) is 0. The number of hydrogen-bond donors (Lipinski definition) is 0. The first kappa shape index (κ1) is 12.9. The first-order valence-corrected chi connectivity index (χ1v) is 6.39. The lowest BCUT2D eigenvalue weighted by atomic mass is 10.1. The minimum absolute atomic E-state index is 0.122. The molecule has 0 spiro atoms. The first-order chi connectivity index (χ1) is 8.69. The van der Waals surface area contributed by atoms with E-state index >= 15 is 0 Å². The molecule has 1 heterocycles. The average Bonchev–Trinajstić information content (AvgIpc) is 2.41. The zero-order valence-corrected chi connectivity index (χ0v) is 10.6. The van der Waals surface area contributed by atoms with Crippen molar-refractivity contribution in [3.05, 3.63) is 30.1 Å². The average molecular weight is 251 g/mol. The molecule has 0 unspecified atom stereocenters. The topological polar surface area (TPSA) is 29.5 Å². The van der Waals surface area contributed by atoms with E-state index in [1.807, 2.05) is 11.8 Å². The number of carbonyl (C=O) groups is 1. The summed E-state index contributed by atoms with van der Waals surface area (Å²) in [6.07, 6.45) is 2.35. The Hall–Kier alpha value is -1.58. The summed E-state index contributed by atoms with van der Waals surface area (Å²) >= 11 is 0. The van der Waals surface area contributed by atoms with Crippen molar-refractivity contribution in [2.24, 2.45) is 0 Å². The van der Waals surface area contributed by atoms with E-state index < -0.39 is 0 Å². The zero-order valence-electron chi connectivity index (χ0n) is 10.6. The highest BCUT2D eigenvalue weighted by molar-refractivity contribution is 5.75. The van der Waals surface area contributed by atoms with Gasteiger partial charge in [-0.1, -0.05) is 6.92 Å². The van der Waals surface area contributed by atoms with Gasteiger partial charge in [0.05, 0.1) is 0 Å². The van der Waals surface area contributed by atoms with Crippen LogP contribution >= 0.6 is 0 Å². The van der Waals surface area contributed by atoms with Gasteiger partial charge in [-0.3, -0.25) is 4.79 Å². The van der Waals surface area contributed by atoms with Gasteiger partial charge in [-0.15, -0.1) is 0 Å². The Morgan fingerprint density at radius 3 is 2.50 bits per heavy atom. The van der Waals surface area contributed by atoms with E-state index in [1.54, 1.807) is 12.1 Å². The molecule has 3 nitrogen and oxygen atoms in total. The van der Waals surface area contributed by atoms with Crippen LogP contribution in [0.1, 0.15) is 26.2 Å². The second-order valence-corrected chi connectivity index (χ2v) is 4.51. The molecular weight excluding hydrogens is 233 g/mol. The maximum Gasteiger partial charge on any atom is 0.222 e. The molecule has 0 N–H and O–H groups in total. The summed E-state index contributed by atoms with van der Waals surface area (Å²) in [6, 6.07) is 6.06. The van der Waals surface area contributed by atoms with Gasteiger partial charge in [-0.2, -0.15) is 0 Å². The van der Waals surface area contributed by atoms with E-state index in [-0.39, 0.29) is 17.8 Å². The molecule has 4 heteroatoms. The molecule has 1 aromatic rings. The highest BCUT2D eigenvalue weighted by Crippen LogP contribution is 2.19. The van der Waals surface area contributed by atoms with Gasteiger partial charge in [0.2, 0.25) is 5.91 Å². The van der Waals surface area contributed by atoms with Crippen molar-refractivity contribution in [1.29, 1.82) is 0 Å². The van der Waals surface area contributed by atoms with Crippen LogP contribution < -0.4 is 4.74 Å². The van der Waals surface area contributed by atoms with Crippen LogP contribution in [0.25, 0.3) is 0 Å². The van der Waals surface area contributed by atoms with Gasteiger partial charge in [-0.05, 0) is 24.3 Å². The molecule has 0 bridgehead atoms. The summed E-state index contributed by atoms with van der Waals surface area (Å²) in [5, 5.41) is 0. The third-order valence-electron chi connectivity index (χ3n) is 3.21. The Balaban J connectivity index is 1.83. The molecule has 1 aliphatic heterocycles. The number of rotatable bonds is 3. The van der Waals surface area contributed by atoms with E-state index in [2.05, 4.69) is 0 Å². The lowest BCUT2D eigenvalue weighted by molar-refractivity contribution is -0.132. The SMILES string of the molecule is CCC(=O)N1CCC(Oc2ccc(F)cc2)CC1. The molecule has 1 amide bonds. The zero-order chi connectivity index (χ0) is 13.0. The van der Waals surface area contributed by atoms with Gasteiger partial charge in [0.25, 0.3) is 0 Å². The monoisotopic (exact) mass is 251 g/mol. The van der Waals surface area contributed by atoms with Gasteiger partial charge < -0.3 is 9.64 Å². The van der Waals surface area contributed by atoms with Crippen LogP contribution in [0.2, 0.25) is 0 Å². The third kappa shape index (κ3) is 3.22. The van der Waals surface area contributed by atoms with Crippen LogP contribution in [-0.4, -0.2) is 30.0 Å². The largest absolute Gasteiger partial charge is 0.490 e. The number of benzene rings is 1. The minimum Gasteiger partial charge on any atom is -0.490 e. The Labute approximate surface area is 107 Å². The summed E-state index contributed by atoms with van der Waals surface area (Å²) < 4.78 is 18.5. The number of hydrogen-bond acceptors (Lipinski definition) is 2. The van der Waals surface area contributed by atoms with Gasteiger partial charge in [0.15, 0.2) is 0 Å². The number of ether oxygens (including phenoxy) is 1. The van der Waals surface area contributed by atoms with Crippen molar-refractivity contribution < 1.29 is 13.9 Å². The van der Waals surface area contributed by atoms with Gasteiger partial charge in [-0.25, -0.2) is 4.39 Å². The fourth-order valence-electron chi connectivity index (χ4n) is 2.15. The van der Waals surface area contributed by atoms with Crippen LogP contribution in [0, 0.1) is 5.82 Å². The van der Waals surface area contributed by atoms with Crippen molar-refractivity contribution in [2.45, 2.75) is 32.3 Å².